The Bertz CT molecular complexity index is 855. The zero-order valence-electron chi connectivity index (χ0n) is 15.0. The number of benzene rings is 2. The molecule has 5 nitrogen and oxygen atoms in total. The van der Waals surface area contributed by atoms with E-state index in [1.54, 1.807) is 13.3 Å². The SMILES string of the molecule is COc1ccc(CN2CCCC2)cc1Oc1cccc(-n2cccn2)c1. The van der Waals surface area contributed by atoms with Crippen molar-refractivity contribution < 1.29 is 9.47 Å². The second-order valence-electron chi connectivity index (χ2n) is 6.52. The Morgan fingerprint density at radius 3 is 2.65 bits per heavy atom. The maximum absolute atomic E-state index is 6.16. The van der Waals surface area contributed by atoms with Gasteiger partial charge in [-0.1, -0.05) is 12.1 Å². The molecule has 1 aliphatic heterocycles. The number of rotatable bonds is 6. The number of hydrogen-bond acceptors (Lipinski definition) is 4. The zero-order valence-corrected chi connectivity index (χ0v) is 15.0. The van der Waals surface area contributed by atoms with E-state index in [2.05, 4.69) is 22.1 Å². The molecule has 0 N–H and O–H groups in total. The summed E-state index contributed by atoms with van der Waals surface area (Å²) in [7, 11) is 1.67. The summed E-state index contributed by atoms with van der Waals surface area (Å²) >= 11 is 0. The van der Waals surface area contributed by atoms with Crippen LogP contribution in [0.5, 0.6) is 17.2 Å². The van der Waals surface area contributed by atoms with Gasteiger partial charge in [0.05, 0.1) is 12.8 Å². The molecule has 0 aliphatic carbocycles. The first-order chi connectivity index (χ1) is 12.8. The van der Waals surface area contributed by atoms with Gasteiger partial charge in [0.15, 0.2) is 11.5 Å². The highest BCUT2D eigenvalue weighted by molar-refractivity contribution is 5.47. The fourth-order valence-corrected chi connectivity index (χ4v) is 3.34. The third kappa shape index (κ3) is 3.73. The van der Waals surface area contributed by atoms with Crippen molar-refractivity contribution in [3.63, 3.8) is 0 Å². The molecular formula is C21H23N3O2. The number of ether oxygens (including phenoxy) is 2. The summed E-state index contributed by atoms with van der Waals surface area (Å²) in [5.74, 6) is 2.23. The Morgan fingerprint density at radius 2 is 1.88 bits per heavy atom. The van der Waals surface area contributed by atoms with Gasteiger partial charge in [-0.05, 0) is 61.8 Å². The number of methoxy groups -OCH3 is 1. The van der Waals surface area contributed by atoms with Crippen LogP contribution in [0.3, 0.4) is 0 Å². The first-order valence-corrected chi connectivity index (χ1v) is 8.99. The number of hydrogen-bond donors (Lipinski definition) is 0. The molecule has 2 heterocycles. The normalized spacial score (nSPS) is 14.5. The van der Waals surface area contributed by atoms with Gasteiger partial charge in [0.25, 0.3) is 0 Å². The lowest BCUT2D eigenvalue weighted by molar-refractivity contribution is 0.329. The van der Waals surface area contributed by atoms with Crippen LogP contribution in [0.1, 0.15) is 18.4 Å². The second-order valence-corrected chi connectivity index (χ2v) is 6.52. The largest absolute Gasteiger partial charge is 0.493 e. The van der Waals surface area contributed by atoms with Crippen LogP contribution >= 0.6 is 0 Å². The lowest BCUT2D eigenvalue weighted by Crippen LogP contribution is -2.18. The van der Waals surface area contributed by atoms with Crippen LogP contribution in [-0.4, -0.2) is 34.9 Å². The van der Waals surface area contributed by atoms with Crippen LogP contribution in [0, 0.1) is 0 Å². The van der Waals surface area contributed by atoms with Crippen LogP contribution in [0.25, 0.3) is 5.69 Å². The van der Waals surface area contributed by atoms with Gasteiger partial charge in [0, 0.05) is 25.0 Å². The second kappa shape index (κ2) is 7.62. The van der Waals surface area contributed by atoms with Crippen LogP contribution in [0.2, 0.25) is 0 Å². The first-order valence-electron chi connectivity index (χ1n) is 8.99. The number of likely N-dealkylation sites (tertiary alicyclic amines) is 1. The molecular weight excluding hydrogens is 326 g/mol. The van der Waals surface area contributed by atoms with Crippen molar-refractivity contribution in [3.05, 3.63) is 66.5 Å². The molecule has 0 bridgehead atoms. The third-order valence-electron chi connectivity index (χ3n) is 4.65. The van der Waals surface area contributed by atoms with Crippen molar-refractivity contribution >= 4 is 0 Å². The summed E-state index contributed by atoms with van der Waals surface area (Å²) in [6.07, 6.45) is 6.26. The highest BCUT2D eigenvalue weighted by atomic mass is 16.5. The Kier molecular flexibility index (Phi) is 4.88. The van der Waals surface area contributed by atoms with Gasteiger partial charge in [0.2, 0.25) is 0 Å². The Morgan fingerprint density at radius 1 is 1.00 bits per heavy atom. The van der Waals surface area contributed by atoms with E-state index in [-0.39, 0.29) is 0 Å². The fraction of sp³-hybridized carbons (Fsp3) is 0.286. The average Bonchev–Trinajstić information content (AvgIpc) is 3.36. The molecule has 0 amide bonds. The van der Waals surface area contributed by atoms with Crippen molar-refractivity contribution in [2.45, 2.75) is 19.4 Å². The van der Waals surface area contributed by atoms with E-state index in [9.17, 15) is 0 Å². The van der Waals surface area contributed by atoms with Gasteiger partial charge in [0.1, 0.15) is 5.75 Å². The van der Waals surface area contributed by atoms with Gasteiger partial charge in [-0.25, -0.2) is 4.68 Å². The van der Waals surface area contributed by atoms with Crippen LogP contribution in [0.4, 0.5) is 0 Å². The summed E-state index contributed by atoms with van der Waals surface area (Å²) in [5, 5.41) is 4.27. The van der Waals surface area contributed by atoms with E-state index in [0.717, 1.165) is 29.5 Å². The quantitative estimate of drug-likeness (QED) is 0.666. The predicted molar refractivity (Wildman–Crippen MR) is 101 cm³/mol. The van der Waals surface area contributed by atoms with Crippen molar-refractivity contribution in [2.75, 3.05) is 20.2 Å². The molecule has 0 unspecified atom stereocenters. The van der Waals surface area contributed by atoms with Crippen molar-refractivity contribution in [2.24, 2.45) is 0 Å². The monoisotopic (exact) mass is 349 g/mol. The minimum Gasteiger partial charge on any atom is -0.493 e. The summed E-state index contributed by atoms with van der Waals surface area (Å²) in [6.45, 7) is 3.30. The van der Waals surface area contributed by atoms with E-state index in [4.69, 9.17) is 9.47 Å². The average molecular weight is 349 g/mol. The molecule has 26 heavy (non-hydrogen) atoms. The molecule has 0 radical (unpaired) electrons. The highest BCUT2D eigenvalue weighted by Crippen LogP contribution is 2.33. The molecule has 5 heteroatoms. The molecule has 2 aromatic carbocycles. The van der Waals surface area contributed by atoms with Crippen LogP contribution < -0.4 is 9.47 Å². The minimum atomic E-state index is 0.736. The van der Waals surface area contributed by atoms with E-state index in [1.807, 2.05) is 47.3 Å². The summed E-state index contributed by atoms with van der Waals surface area (Å²) in [6, 6.07) is 16.0. The smallest absolute Gasteiger partial charge is 0.169 e. The van der Waals surface area contributed by atoms with Gasteiger partial charge < -0.3 is 9.47 Å². The minimum absolute atomic E-state index is 0.736. The van der Waals surface area contributed by atoms with Gasteiger partial charge in [-0.15, -0.1) is 0 Å². The Balaban J connectivity index is 1.57. The molecule has 1 aliphatic rings. The summed E-state index contributed by atoms with van der Waals surface area (Å²) in [5.41, 5.74) is 2.20. The molecule has 0 spiro atoms. The summed E-state index contributed by atoms with van der Waals surface area (Å²) in [4.78, 5) is 2.48. The highest BCUT2D eigenvalue weighted by Gasteiger charge is 2.14. The van der Waals surface area contributed by atoms with Crippen molar-refractivity contribution in [1.82, 2.24) is 14.7 Å². The molecule has 3 aromatic rings. The molecule has 1 aromatic heterocycles. The lowest BCUT2D eigenvalue weighted by Gasteiger charge is -2.17. The Hall–Kier alpha value is -2.79. The van der Waals surface area contributed by atoms with E-state index in [1.165, 1.54) is 31.5 Å². The molecule has 1 fully saturated rings. The fourth-order valence-electron chi connectivity index (χ4n) is 3.34. The molecule has 4 rings (SSSR count). The molecule has 0 saturated carbocycles. The maximum Gasteiger partial charge on any atom is 0.169 e. The van der Waals surface area contributed by atoms with Gasteiger partial charge >= 0.3 is 0 Å². The predicted octanol–water partition coefficient (Wildman–Crippen LogP) is 4.27. The molecule has 1 saturated heterocycles. The van der Waals surface area contributed by atoms with Crippen LogP contribution in [0.15, 0.2) is 60.9 Å². The van der Waals surface area contributed by atoms with Gasteiger partial charge in [-0.2, -0.15) is 5.10 Å². The molecule has 0 atom stereocenters. The van der Waals surface area contributed by atoms with Crippen LogP contribution in [-0.2, 0) is 6.54 Å². The number of nitrogens with zero attached hydrogens (tertiary/aromatic N) is 3. The first kappa shape index (κ1) is 16.7. The van der Waals surface area contributed by atoms with Crippen molar-refractivity contribution in [1.29, 1.82) is 0 Å². The van der Waals surface area contributed by atoms with Crippen molar-refractivity contribution in [3.8, 4) is 22.9 Å². The standard InChI is InChI=1S/C21H23N3O2/c1-25-20-9-8-17(16-23-11-2-3-12-23)14-21(20)26-19-7-4-6-18(15-19)24-13-5-10-22-24/h4-10,13-15H,2-3,11-12,16H2,1H3. The van der Waals surface area contributed by atoms with E-state index < -0.39 is 0 Å². The lowest BCUT2D eigenvalue weighted by atomic mass is 10.2. The van der Waals surface area contributed by atoms with Gasteiger partial charge in [-0.3, -0.25) is 4.90 Å². The maximum atomic E-state index is 6.16. The topological polar surface area (TPSA) is 39.5 Å². The Labute approximate surface area is 153 Å². The molecule has 134 valence electrons. The summed E-state index contributed by atoms with van der Waals surface area (Å²) < 4.78 is 13.5. The third-order valence-corrected chi connectivity index (χ3v) is 4.65. The van der Waals surface area contributed by atoms with E-state index >= 15 is 0 Å². The van der Waals surface area contributed by atoms with E-state index in [0.29, 0.717) is 0 Å². The number of aromatic nitrogens is 2. The zero-order chi connectivity index (χ0) is 17.8.